The lowest BCUT2D eigenvalue weighted by molar-refractivity contribution is 0.584. The SMILES string of the molecule is CC(C)(C)c1nc(Br)c(Br)s1. The summed E-state index contributed by atoms with van der Waals surface area (Å²) in [5, 5.41) is 1.15. The van der Waals surface area contributed by atoms with Crippen molar-refractivity contribution in [3.05, 3.63) is 13.4 Å². The van der Waals surface area contributed by atoms with Gasteiger partial charge in [0.05, 0.1) is 0 Å². The highest BCUT2D eigenvalue weighted by Crippen LogP contribution is 2.35. The van der Waals surface area contributed by atoms with E-state index in [1.165, 1.54) is 0 Å². The van der Waals surface area contributed by atoms with Crippen molar-refractivity contribution in [1.82, 2.24) is 4.98 Å². The summed E-state index contributed by atoms with van der Waals surface area (Å²) in [6.45, 7) is 6.47. The lowest BCUT2D eigenvalue weighted by Gasteiger charge is -2.13. The third kappa shape index (κ3) is 2.26. The fraction of sp³-hybridized carbons (Fsp3) is 0.571. The van der Waals surface area contributed by atoms with Gasteiger partial charge >= 0.3 is 0 Å². The Kier molecular flexibility index (Phi) is 2.77. The monoisotopic (exact) mass is 297 g/mol. The van der Waals surface area contributed by atoms with Gasteiger partial charge < -0.3 is 0 Å². The van der Waals surface area contributed by atoms with Gasteiger partial charge in [0, 0.05) is 5.41 Å². The molecule has 0 amide bonds. The second-order valence-electron chi connectivity index (χ2n) is 3.33. The third-order valence-electron chi connectivity index (χ3n) is 1.19. The van der Waals surface area contributed by atoms with Gasteiger partial charge in [-0.25, -0.2) is 4.98 Å². The zero-order chi connectivity index (χ0) is 8.65. The molecule has 0 bridgehead atoms. The van der Waals surface area contributed by atoms with Crippen molar-refractivity contribution in [2.24, 2.45) is 0 Å². The molecule has 0 unspecified atom stereocenters. The summed E-state index contributed by atoms with van der Waals surface area (Å²) in [5.74, 6) is 0. The van der Waals surface area contributed by atoms with Gasteiger partial charge in [0.2, 0.25) is 0 Å². The fourth-order valence-corrected chi connectivity index (χ4v) is 2.43. The Balaban J connectivity index is 3.08. The summed E-state index contributed by atoms with van der Waals surface area (Å²) in [6.07, 6.45) is 0. The van der Waals surface area contributed by atoms with Crippen LogP contribution < -0.4 is 0 Å². The number of hydrogen-bond donors (Lipinski definition) is 0. The Bertz CT molecular complexity index is 242. The second kappa shape index (κ2) is 3.15. The Hall–Kier alpha value is 0.590. The number of nitrogens with zero attached hydrogens (tertiary/aromatic N) is 1. The molecule has 0 aliphatic rings. The molecule has 62 valence electrons. The van der Waals surface area contributed by atoms with Gasteiger partial charge in [0.25, 0.3) is 0 Å². The van der Waals surface area contributed by atoms with Gasteiger partial charge in [-0.1, -0.05) is 20.8 Å². The average Bonchev–Trinajstić information content (AvgIpc) is 2.11. The minimum absolute atomic E-state index is 0.152. The van der Waals surface area contributed by atoms with Gasteiger partial charge in [-0.05, 0) is 31.9 Å². The molecular weight excluding hydrogens is 290 g/mol. The van der Waals surface area contributed by atoms with Crippen molar-refractivity contribution >= 4 is 43.2 Å². The molecule has 0 aromatic carbocycles. The van der Waals surface area contributed by atoms with Crippen LogP contribution in [0.4, 0.5) is 0 Å². The molecule has 0 fully saturated rings. The Morgan fingerprint density at radius 2 is 1.82 bits per heavy atom. The molecule has 0 saturated carbocycles. The summed E-state index contributed by atoms with van der Waals surface area (Å²) < 4.78 is 1.98. The van der Waals surface area contributed by atoms with Crippen LogP contribution in [0, 0.1) is 0 Å². The summed E-state index contributed by atoms with van der Waals surface area (Å²) in [6, 6.07) is 0. The van der Waals surface area contributed by atoms with Crippen molar-refractivity contribution < 1.29 is 0 Å². The number of aromatic nitrogens is 1. The molecule has 1 nitrogen and oxygen atoms in total. The van der Waals surface area contributed by atoms with Crippen LogP contribution in [0.5, 0.6) is 0 Å². The largest absolute Gasteiger partial charge is 0.233 e. The molecule has 1 heterocycles. The molecule has 0 aliphatic carbocycles. The molecule has 0 atom stereocenters. The number of hydrogen-bond acceptors (Lipinski definition) is 2. The molecular formula is C7H9Br2NS. The van der Waals surface area contributed by atoms with Crippen molar-refractivity contribution in [1.29, 1.82) is 0 Å². The lowest BCUT2D eigenvalue weighted by Crippen LogP contribution is -2.09. The van der Waals surface area contributed by atoms with Gasteiger partial charge in [0.1, 0.15) is 13.4 Å². The molecule has 0 spiro atoms. The molecule has 4 heteroatoms. The fourth-order valence-electron chi connectivity index (χ4n) is 0.604. The highest BCUT2D eigenvalue weighted by molar-refractivity contribution is 9.13. The van der Waals surface area contributed by atoms with Crippen LogP contribution in [0.1, 0.15) is 25.8 Å². The van der Waals surface area contributed by atoms with Crippen LogP contribution in [0.3, 0.4) is 0 Å². The summed E-state index contributed by atoms with van der Waals surface area (Å²) in [5.41, 5.74) is 0.152. The van der Waals surface area contributed by atoms with Crippen LogP contribution >= 0.6 is 43.2 Å². The molecule has 1 aromatic heterocycles. The van der Waals surface area contributed by atoms with Crippen molar-refractivity contribution in [2.45, 2.75) is 26.2 Å². The van der Waals surface area contributed by atoms with Crippen LogP contribution in [-0.4, -0.2) is 4.98 Å². The van der Waals surface area contributed by atoms with Crippen LogP contribution in [-0.2, 0) is 5.41 Å². The minimum atomic E-state index is 0.152. The van der Waals surface area contributed by atoms with E-state index in [1.54, 1.807) is 11.3 Å². The molecule has 0 saturated heterocycles. The first-order valence-electron chi connectivity index (χ1n) is 3.23. The molecule has 0 N–H and O–H groups in total. The first-order valence-corrected chi connectivity index (χ1v) is 5.64. The Morgan fingerprint density at radius 3 is 2.00 bits per heavy atom. The zero-order valence-electron chi connectivity index (χ0n) is 6.61. The highest BCUT2D eigenvalue weighted by Gasteiger charge is 2.19. The molecule has 0 radical (unpaired) electrons. The zero-order valence-corrected chi connectivity index (χ0v) is 10.6. The maximum absolute atomic E-state index is 4.37. The van der Waals surface area contributed by atoms with E-state index in [9.17, 15) is 0 Å². The Morgan fingerprint density at radius 1 is 1.27 bits per heavy atom. The topological polar surface area (TPSA) is 12.9 Å². The number of thiazole rings is 1. The highest BCUT2D eigenvalue weighted by atomic mass is 79.9. The summed E-state index contributed by atoms with van der Waals surface area (Å²) in [4.78, 5) is 4.37. The predicted molar refractivity (Wildman–Crippen MR) is 56.2 cm³/mol. The van der Waals surface area contributed by atoms with Crippen molar-refractivity contribution in [2.75, 3.05) is 0 Å². The van der Waals surface area contributed by atoms with Crippen LogP contribution in [0.2, 0.25) is 0 Å². The smallest absolute Gasteiger partial charge is 0.131 e. The second-order valence-corrected chi connectivity index (χ2v) is 6.40. The summed E-state index contributed by atoms with van der Waals surface area (Å²) in [7, 11) is 0. The summed E-state index contributed by atoms with van der Waals surface area (Å²) >= 11 is 8.46. The van der Waals surface area contributed by atoms with Crippen LogP contribution in [0.15, 0.2) is 8.39 Å². The van der Waals surface area contributed by atoms with E-state index < -0.39 is 0 Å². The standard InChI is InChI=1S/C7H9Br2NS/c1-7(2,3)6-10-4(8)5(9)11-6/h1-3H3. The van der Waals surface area contributed by atoms with Crippen molar-refractivity contribution in [3.8, 4) is 0 Å². The molecule has 0 aliphatic heterocycles. The van der Waals surface area contributed by atoms with E-state index in [4.69, 9.17) is 0 Å². The van der Waals surface area contributed by atoms with Gasteiger partial charge in [-0.2, -0.15) is 0 Å². The number of rotatable bonds is 0. The number of halogens is 2. The first-order chi connectivity index (χ1) is 4.91. The molecule has 1 rings (SSSR count). The maximum atomic E-state index is 4.37. The van der Waals surface area contributed by atoms with E-state index in [0.29, 0.717) is 0 Å². The normalized spacial score (nSPS) is 12.1. The van der Waals surface area contributed by atoms with Gasteiger partial charge in [-0.3, -0.25) is 0 Å². The van der Waals surface area contributed by atoms with Gasteiger partial charge in [-0.15, -0.1) is 11.3 Å². The maximum Gasteiger partial charge on any atom is 0.131 e. The third-order valence-corrected chi connectivity index (χ3v) is 4.69. The minimum Gasteiger partial charge on any atom is -0.233 e. The first kappa shape index (κ1) is 9.68. The predicted octanol–water partition coefficient (Wildman–Crippen LogP) is 3.97. The average molecular weight is 299 g/mol. The van der Waals surface area contributed by atoms with E-state index >= 15 is 0 Å². The van der Waals surface area contributed by atoms with E-state index in [2.05, 4.69) is 57.6 Å². The molecule has 1 aromatic rings. The van der Waals surface area contributed by atoms with Gasteiger partial charge in [0.15, 0.2) is 0 Å². The van der Waals surface area contributed by atoms with Crippen LogP contribution in [0.25, 0.3) is 0 Å². The Labute approximate surface area is 87.5 Å². The lowest BCUT2D eigenvalue weighted by atomic mass is 9.98. The van der Waals surface area contributed by atoms with E-state index in [0.717, 1.165) is 13.4 Å². The van der Waals surface area contributed by atoms with E-state index in [-0.39, 0.29) is 5.41 Å². The molecule has 11 heavy (non-hydrogen) atoms. The quantitative estimate of drug-likeness (QED) is 0.706. The van der Waals surface area contributed by atoms with E-state index in [1.807, 2.05) is 0 Å². The van der Waals surface area contributed by atoms with Crippen molar-refractivity contribution in [3.63, 3.8) is 0 Å².